The summed E-state index contributed by atoms with van der Waals surface area (Å²) in [6, 6.07) is 4.44. The van der Waals surface area contributed by atoms with E-state index in [1.807, 2.05) is 0 Å². The summed E-state index contributed by atoms with van der Waals surface area (Å²) < 4.78 is 41.6. The van der Waals surface area contributed by atoms with Crippen molar-refractivity contribution in [3.8, 4) is 5.75 Å². The number of ether oxygens (including phenoxy) is 1. The molecule has 1 aliphatic heterocycles. The number of rotatable bonds is 1. The number of hydrogen-bond acceptors (Lipinski definition) is 4. The lowest BCUT2D eigenvalue weighted by atomic mass is 10.1. The molecular weight excluding hydrogens is 237 g/mol. The maximum absolute atomic E-state index is 12.2. The summed E-state index contributed by atoms with van der Waals surface area (Å²) in [6.45, 7) is -0.227. The SMILES string of the molecule is Nc1ccc2c(c1)NC[C@H](C(=O)C(F)(F)F)O2. The van der Waals surface area contributed by atoms with Crippen molar-refractivity contribution in [2.75, 3.05) is 17.6 Å². The highest BCUT2D eigenvalue weighted by Gasteiger charge is 2.45. The Morgan fingerprint density at radius 1 is 1.47 bits per heavy atom. The molecule has 1 atom stereocenters. The predicted octanol–water partition coefficient (Wildman–Crippen LogP) is 1.57. The van der Waals surface area contributed by atoms with E-state index in [4.69, 9.17) is 10.5 Å². The molecule has 1 aromatic carbocycles. The third kappa shape index (κ3) is 2.27. The average Bonchev–Trinajstić information content (AvgIpc) is 2.26. The van der Waals surface area contributed by atoms with Crippen molar-refractivity contribution in [3.05, 3.63) is 18.2 Å². The average molecular weight is 246 g/mol. The quantitative estimate of drug-likeness (QED) is 0.738. The second-order valence-electron chi connectivity index (χ2n) is 3.61. The maximum atomic E-state index is 12.2. The fourth-order valence-corrected chi connectivity index (χ4v) is 1.51. The summed E-state index contributed by atoms with van der Waals surface area (Å²) in [4.78, 5) is 11.0. The van der Waals surface area contributed by atoms with Crippen LogP contribution in [0.1, 0.15) is 0 Å². The van der Waals surface area contributed by atoms with E-state index in [0.29, 0.717) is 11.4 Å². The van der Waals surface area contributed by atoms with Crippen LogP contribution in [-0.2, 0) is 4.79 Å². The monoisotopic (exact) mass is 246 g/mol. The smallest absolute Gasteiger partial charge is 0.454 e. The molecule has 4 nitrogen and oxygen atoms in total. The molecule has 1 heterocycles. The molecule has 2 rings (SSSR count). The molecule has 0 aliphatic carbocycles. The van der Waals surface area contributed by atoms with Crippen molar-refractivity contribution in [2.24, 2.45) is 0 Å². The van der Waals surface area contributed by atoms with Crippen molar-refractivity contribution >= 4 is 17.2 Å². The van der Waals surface area contributed by atoms with E-state index >= 15 is 0 Å². The highest BCUT2D eigenvalue weighted by Crippen LogP contribution is 2.32. The first-order valence-corrected chi connectivity index (χ1v) is 4.79. The molecule has 1 aliphatic rings. The van der Waals surface area contributed by atoms with Gasteiger partial charge < -0.3 is 15.8 Å². The number of anilines is 2. The van der Waals surface area contributed by atoms with E-state index in [2.05, 4.69) is 5.32 Å². The first-order valence-electron chi connectivity index (χ1n) is 4.79. The number of Topliss-reactive ketones (excluding diaryl/α,β-unsaturated/α-hetero) is 1. The zero-order chi connectivity index (χ0) is 12.6. The van der Waals surface area contributed by atoms with E-state index in [-0.39, 0.29) is 12.3 Å². The van der Waals surface area contributed by atoms with Crippen molar-refractivity contribution < 1.29 is 22.7 Å². The molecule has 0 aromatic heterocycles. The van der Waals surface area contributed by atoms with E-state index in [9.17, 15) is 18.0 Å². The predicted molar refractivity (Wildman–Crippen MR) is 54.8 cm³/mol. The summed E-state index contributed by atoms with van der Waals surface area (Å²) in [5.41, 5.74) is 6.44. The van der Waals surface area contributed by atoms with Gasteiger partial charge in [-0.2, -0.15) is 13.2 Å². The molecule has 7 heteroatoms. The summed E-state index contributed by atoms with van der Waals surface area (Å²) in [5.74, 6) is -1.71. The summed E-state index contributed by atoms with van der Waals surface area (Å²) >= 11 is 0. The molecule has 3 N–H and O–H groups in total. The van der Waals surface area contributed by atoms with Gasteiger partial charge in [-0.25, -0.2) is 0 Å². The van der Waals surface area contributed by atoms with Crippen LogP contribution in [0.4, 0.5) is 24.5 Å². The van der Waals surface area contributed by atoms with Crippen molar-refractivity contribution in [1.82, 2.24) is 0 Å². The van der Waals surface area contributed by atoms with Crippen LogP contribution in [0.25, 0.3) is 0 Å². The Bertz CT molecular complexity index is 459. The van der Waals surface area contributed by atoms with E-state index in [0.717, 1.165) is 0 Å². The minimum Gasteiger partial charge on any atom is -0.478 e. The molecule has 0 radical (unpaired) electrons. The fraction of sp³-hybridized carbons (Fsp3) is 0.300. The molecule has 92 valence electrons. The number of fused-ring (bicyclic) bond motifs is 1. The van der Waals surface area contributed by atoms with E-state index < -0.39 is 18.1 Å². The lowest BCUT2D eigenvalue weighted by Gasteiger charge is -2.27. The number of alkyl halides is 3. The largest absolute Gasteiger partial charge is 0.478 e. The standard InChI is InChI=1S/C10H9F3N2O2/c11-10(12,13)9(16)8-4-15-6-3-5(14)1-2-7(6)17-8/h1-3,8,15H,4,14H2/t8-/m1/s1. The third-order valence-electron chi connectivity index (χ3n) is 2.32. The lowest BCUT2D eigenvalue weighted by Crippen LogP contribution is -2.44. The zero-order valence-corrected chi connectivity index (χ0v) is 8.54. The van der Waals surface area contributed by atoms with Gasteiger partial charge in [-0.15, -0.1) is 0 Å². The van der Waals surface area contributed by atoms with Crippen LogP contribution in [0.2, 0.25) is 0 Å². The Morgan fingerprint density at radius 2 is 2.18 bits per heavy atom. The molecular formula is C10H9F3N2O2. The molecule has 0 saturated carbocycles. The van der Waals surface area contributed by atoms with Gasteiger partial charge in [0.25, 0.3) is 5.78 Å². The van der Waals surface area contributed by atoms with Crippen LogP contribution < -0.4 is 15.8 Å². The first kappa shape index (κ1) is 11.6. The van der Waals surface area contributed by atoms with Crippen molar-refractivity contribution in [3.63, 3.8) is 0 Å². The second kappa shape index (κ2) is 3.83. The second-order valence-corrected chi connectivity index (χ2v) is 3.61. The number of carbonyl (C=O) groups is 1. The number of benzene rings is 1. The summed E-state index contributed by atoms with van der Waals surface area (Å²) in [6.07, 6.45) is -6.44. The van der Waals surface area contributed by atoms with Crippen molar-refractivity contribution in [1.29, 1.82) is 0 Å². The number of hydrogen-bond donors (Lipinski definition) is 2. The van der Waals surface area contributed by atoms with E-state index in [1.165, 1.54) is 18.2 Å². The number of ketones is 1. The van der Waals surface area contributed by atoms with Gasteiger partial charge in [-0.1, -0.05) is 0 Å². The van der Waals surface area contributed by atoms with Crippen LogP contribution in [0.5, 0.6) is 5.75 Å². The first-order chi connectivity index (χ1) is 7.88. The number of nitrogens with one attached hydrogen (secondary N) is 1. The zero-order valence-electron chi connectivity index (χ0n) is 8.54. The highest BCUT2D eigenvalue weighted by atomic mass is 19.4. The maximum Gasteiger partial charge on any atom is 0.454 e. The molecule has 1 aromatic rings. The molecule has 0 saturated heterocycles. The van der Waals surface area contributed by atoms with Gasteiger partial charge in [0.05, 0.1) is 12.2 Å². The highest BCUT2D eigenvalue weighted by molar-refractivity contribution is 5.90. The Labute approximate surface area is 94.5 Å². The Morgan fingerprint density at radius 3 is 2.82 bits per heavy atom. The van der Waals surface area contributed by atoms with Gasteiger partial charge in [-0.3, -0.25) is 4.79 Å². The fourth-order valence-electron chi connectivity index (χ4n) is 1.51. The summed E-state index contributed by atoms with van der Waals surface area (Å²) in [5, 5.41) is 2.68. The number of carbonyl (C=O) groups excluding carboxylic acids is 1. The minimum atomic E-state index is -4.89. The van der Waals surface area contributed by atoms with Gasteiger partial charge in [0.1, 0.15) is 5.75 Å². The van der Waals surface area contributed by atoms with Gasteiger partial charge in [0, 0.05) is 5.69 Å². The topological polar surface area (TPSA) is 64.3 Å². The molecule has 0 spiro atoms. The van der Waals surface area contributed by atoms with Crippen LogP contribution in [0.3, 0.4) is 0 Å². The number of nitrogens with two attached hydrogens (primary N) is 1. The molecule has 0 fully saturated rings. The Balaban J connectivity index is 2.19. The molecule has 0 bridgehead atoms. The summed E-state index contributed by atoms with van der Waals surface area (Å²) in [7, 11) is 0. The van der Waals surface area contributed by atoms with Gasteiger partial charge in [0.15, 0.2) is 6.10 Å². The van der Waals surface area contributed by atoms with Crippen LogP contribution in [0, 0.1) is 0 Å². The van der Waals surface area contributed by atoms with Crippen LogP contribution in [0.15, 0.2) is 18.2 Å². The number of halogens is 3. The Kier molecular flexibility index (Phi) is 2.60. The van der Waals surface area contributed by atoms with Gasteiger partial charge >= 0.3 is 6.18 Å². The minimum absolute atomic E-state index is 0.188. The third-order valence-corrected chi connectivity index (χ3v) is 2.32. The lowest BCUT2D eigenvalue weighted by molar-refractivity contribution is -0.177. The Hall–Kier alpha value is -1.92. The molecule has 0 unspecified atom stereocenters. The van der Waals surface area contributed by atoms with Gasteiger partial charge in [-0.05, 0) is 18.2 Å². The van der Waals surface area contributed by atoms with Crippen LogP contribution in [-0.4, -0.2) is 24.6 Å². The van der Waals surface area contributed by atoms with Crippen molar-refractivity contribution in [2.45, 2.75) is 12.3 Å². The van der Waals surface area contributed by atoms with E-state index in [1.54, 1.807) is 0 Å². The molecule has 0 amide bonds. The number of nitrogen functional groups attached to an aromatic ring is 1. The van der Waals surface area contributed by atoms with Crippen LogP contribution >= 0.6 is 0 Å². The normalized spacial score (nSPS) is 18.9. The molecule has 17 heavy (non-hydrogen) atoms. The van der Waals surface area contributed by atoms with Gasteiger partial charge in [0.2, 0.25) is 0 Å².